The van der Waals surface area contributed by atoms with E-state index in [1.807, 2.05) is 23.6 Å². The Kier molecular flexibility index (Phi) is 3.69. The van der Waals surface area contributed by atoms with Gasteiger partial charge in [-0.2, -0.15) is 0 Å². The van der Waals surface area contributed by atoms with Crippen LogP contribution in [0.25, 0.3) is 10.1 Å². The number of anilines is 1. The summed E-state index contributed by atoms with van der Waals surface area (Å²) in [7, 11) is 1.55. The Hall–Kier alpha value is -1.85. The van der Waals surface area contributed by atoms with Gasteiger partial charge in [-0.1, -0.05) is 12.1 Å². The van der Waals surface area contributed by atoms with Gasteiger partial charge in [0.15, 0.2) is 5.78 Å². The molecule has 0 radical (unpaired) electrons. The van der Waals surface area contributed by atoms with E-state index in [-0.39, 0.29) is 5.78 Å². The van der Waals surface area contributed by atoms with Gasteiger partial charge in [0.25, 0.3) is 0 Å². The number of hydrogen-bond acceptors (Lipinski definition) is 4. The summed E-state index contributed by atoms with van der Waals surface area (Å²) in [6.07, 6.45) is 0. The molecule has 5 heteroatoms. The Morgan fingerprint density at radius 1 is 1.24 bits per heavy atom. The summed E-state index contributed by atoms with van der Waals surface area (Å²) < 4.78 is 7.32. The Labute approximate surface area is 134 Å². The molecule has 0 aliphatic heterocycles. The van der Waals surface area contributed by atoms with E-state index in [2.05, 4.69) is 15.9 Å². The van der Waals surface area contributed by atoms with Crippen LogP contribution in [0.2, 0.25) is 0 Å². The van der Waals surface area contributed by atoms with E-state index in [0.717, 1.165) is 14.6 Å². The molecule has 0 saturated carbocycles. The third-order valence-corrected chi connectivity index (χ3v) is 5.22. The normalized spacial score (nSPS) is 10.8. The van der Waals surface area contributed by atoms with Crippen LogP contribution in [0.5, 0.6) is 5.75 Å². The molecule has 2 aromatic carbocycles. The van der Waals surface area contributed by atoms with Crippen molar-refractivity contribution in [1.29, 1.82) is 0 Å². The van der Waals surface area contributed by atoms with E-state index in [4.69, 9.17) is 10.5 Å². The van der Waals surface area contributed by atoms with Crippen molar-refractivity contribution in [3.8, 4) is 5.75 Å². The molecular formula is C16H12BrNO2S. The first-order valence-electron chi connectivity index (χ1n) is 6.25. The van der Waals surface area contributed by atoms with Gasteiger partial charge in [0.2, 0.25) is 0 Å². The van der Waals surface area contributed by atoms with E-state index in [1.165, 1.54) is 0 Å². The van der Waals surface area contributed by atoms with Crippen LogP contribution in [0.3, 0.4) is 0 Å². The van der Waals surface area contributed by atoms with Crippen molar-refractivity contribution in [2.45, 2.75) is 0 Å². The van der Waals surface area contributed by atoms with E-state index in [9.17, 15) is 4.79 Å². The Bertz CT molecular complexity index is 841. The topological polar surface area (TPSA) is 52.3 Å². The van der Waals surface area contributed by atoms with Gasteiger partial charge >= 0.3 is 0 Å². The number of carbonyl (C=O) groups excluding carboxylic acids is 1. The first kappa shape index (κ1) is 14.1. The summed E-state index contributed by atoms with van der Waals surface area (Å²) in [6.45, 7) is 0. The van der Waals surface area contributed by atoms with Crippen LogP contribution in [0.15, 0.2) is 46.3 Å². The monoisotopic (exact) mass is 361 g/mol. The maximum atomic E-state index is 12.8. The van der Waals surface area contributed by atoms with Gasteiger partial charge in [0, 0.05) is 31.2 Å². The molecule has 0 aliphatic carbocycles. The molecule has 0 unspecified atom stereocenters. The van der Waals surface area contributed by atoms with Crippen molar-refractivity contribution in [2.75, 3.05) is 12.8 Å². The Morgan fingerprint density at radius 2 is 2.05 bits per heavy atom. The quantitative estimate of drug-likeness (QED) is 0.552. The predicted molar refractivity (Wildman–Crippen MR) is 90.4 cm³/mol. The highest BCUT2D eigenvalue weighted by Gasteiger charge is 2.19. The van der Waals surface area contributed by atoms with Gasteiger partial charge in [-0.3, -0.25) is 4.79 Å². The van der Waals surface area contributed by atoms with Crippen molar-refractivity contribution in [3.63, 3.8) is 0 Å². The molecule has 0 fully saturated rings. The summed E-state index contributed by atoms with van der Waals surface area (Å²) in [5.74, 6) is 0.451. The first-order chi connectivity index (χ1) is 10.1. The second kappa shape index (κ2) is 5.50. The second-order valence-electron chi connectivity index (χ2n) is 4.55. The summed E-state index contributed by atoms with van der Waals surface area (Å²) in [5.41, 5.74) is 7.49. The SMILES string of the molecule is COc1ccc(N)cc1C(=O)c1csc2c(Br)cccc12. The fraction of sp³-hybridized carbons (Fsp3) is 0.0625. The highest BCUT2D eigenvalue weighted by Crippen LogP contribution is 2.34. The standard InChI is InChI=1S/C16H12BrNO2S/c1-20-14-6-5-9(18)7-11(14)15(19)12-8-21-16-10(12)3-2-4-13(16)17/h2-8H,18H2,1H3. The molecule has 3 aromatic rings. The zero-order chi connectivity index (χ0) is 15.0. The largest absolute Gasteiger partial charge is 0.496 e. The maximum absolute atomic E-state index is 12.8. The average Bonchev–Trinajstić information content (AvgIpc) is 2.92. The fourth-order valence-corrected chi connectivity index (χ4v) is 3.85. The Morgan fingerprint density at radius 3 is 2.81 bits per heavy atom. The minimum absolute atomic E-state index is 0.0801. The molecule has 0 saturated heterocycles. The molecule has 1 heterocycles. The van der Waals surface area contributed by atoms with Crippen molar-refractivity contribution in [1.82, 2.24) is 0 Å². The average molecular weight is 362 g/mol. The van der Waals surface area contributed by atoms with Crippen LogP contribution in [0, 0.1) is 0 Å². The van der Waals surface area contributed by atoms with E-state index in [1.54, 1.807) is 36.6 Å². The zero-order valence-electron chi connectivity index (χ0n) is 11.2. The molecule has 0 spiro atoms. The van der Waals surface area contributed by atoms with Gasteiger partial charge < -0.3 is 10.5 Å². The summed E-state index contributed by atoms with van der Waals surface area (Å²) in [5, 5.41) is 2.81. The smallest absolute Gasteiger partial charge is 0.198 e. The van der Waals surface area contributed by atoms with E-state index < -0.39 is 0 Å². The van der Waals surface area contributed by atoms with Crippen molar-refractivity contribution in [2.24, 2.45) is 0 Å². The molecule has 106 valence electrons. The van der Waals surface area contributed by atoms with Crippen molar-refractivity contribution >= 4 is 48.8 Å². The number of carbonyl (C=O) groups is 1. The highest BCUT2D eigenvalue weighted by molar-refractivity contribution is 9.10. The number of ether oxygens (including phenoxy) is 1. The minimum Gasteiger partial charge on any atom is -0.496 e. The lowest BCUT2D eigenvalue weighted by atomic mass is 10.0. The Balaban J connectivity index is 2.17. The number of halogens is 1. The molecular weight excluding hydrogens is 350 g/mol. The molecule has 3 nitrogen and oxygen atoms in total. The molecule has 0 bridgehead atoms. The molecule has 0 amide bonds. The molecule has 0 aliphatic rings. The predicted octanol–water partition coefficient (Wildman–Crippen LogP) is 4.49. The number of benzene rings is 2. The fourth-order valence-electron chi connectivity index (χ4n) is 2.25. The van der Waals surface area contributed by atoms with Crippen LogP contribution in [-0.4, -0.2) is 12.9 Å². The lowest BCUT2D eigenvalue weighted by Crippen LogP contribution is -2.04. The zero-order valence-corrected chi connectivity index (χ0v) is 13.6. The first-order valence-corrected chi connectivity index (χ1v) is 7.93. The van der Waals surface area contributed by atoms with Gasteiger partial charge in [0.05, 0.1) is 12.7 Å². The number of thiophene rings is 1. The number of ketones is 1. The van der Waals surface area contributed by atoms with E-state index in [0.29, 0.717) is 22.6 Å². The molecule has 3 rings (SSSR count). The molecule has 0 atom stereocenters. The summed E-state index contributed by atoms with van der Waals surface area (Å²) >= 11 is 5.05. The van der Waals surface area contributed by atoms with Crippen LogP contribution in [0.1, 0.15) is 15.9 Å². The number of hydrogen-bond donors (Lipinski definition) is 1. The lowest BCUT2D eigenvalue weighted by molar-refractivity contribution is 0.103. The van der Waals surface area contributed by atoms with Gasteiger partial charge in [0.1, 0.15) is 5.75 Å². The number of fused-ring (bicyclic) bond motifs is 1. The van der Waals surface area contributed by atoms with Crippen molar-refractivity contribution in [3.05, 3.63) is 57.4 Å². The summed E-state index contributed by atoms with van der Waals surface area (Å²) in [4.78, 5) is 12.8. The van der Waals surface area contributed by atoms with Crippen LogP contribution >= 0.6 is 27.3 Å². The number of nitrogens with two attached hydrogens (primary N) is 1. The van der Waals surface area contributed by atoms with Crippen LogP contribution < -0.4 is 10.5 Å². The van der Waals surface area contributed by atoms with Gasteiger partial charge in [-0.25, -0.2) is 0 Å². The van der Waals surface area contributed by atoms with Crippen LogP contribution in [-0.2, 0) is 0 Å². The number of rotatable bonds is 3. The second-order valence-corrected chi connectivity index (χ2v) is 6.29. The summed E-state index contributed by atoms with van der Waals surface area (Å²) in [6, 6.07) is 10.9. The molecule has 21 heavy (non-hydrogen) atoms. The van der Waals surface area contributed by atoms with E-state index >= 15 is 0 Å². The number of methoxy groups -OCH3 is 1. The minimum atomic E-state index is -0.0801. The number of nitrogen functional groups attached to an aromatic ring is 1. The third kappa shape index (κ3) is 2.43. The van der Waals surface area contributed by atoms with Gasteiger partial charge in [-0.15, -0.1) is 11.3 Å². The third-order valence-electron chi connectivity index (χ3n) is 3.26. The van der Waals surface area contributed by atoms with Crippen LogP contribution in [0.4, 0.5) is 5.69 Å². The molecule has 1 aromatic heterocycles. The lowest BCUT2D eigenvalue weighted by Gasteiger charge is -2.08. The van der Waals surface area contributed by atoms with Gasteiger partial charge in [-0.05, 0) is 40.2 Å². The highest BCUT2D eigenvalue weighted by atomic mass is 79.9. The van der Waals surface area contributed by atoms with Crippen molar-refractivity contribution < 1.29 is 9.53 Å². The maximum Gasteiger partial charge on any atom is 0.198 e. The molecule has 2 N–H and O–H groups in total.